The van der Waals surface area contributed by atoms with Crippen molar-refractivity contribution < 1.29 is 9.28 Å². The summed E-state index contributed by atoms with van der Waals surface area (Å²) in [6.45, 7) is 3.79. The topological polar surface area (TPSA) is 55.1 Å². The van der Waals surface area contributed by atoms with Gasteiger partial charge in [0.25, 0.3) is 0 Å². The van der Waals surface area contributed by atoms with E-state index in [9.17, 15) is 4.79 Å². The summed E-state index contributed by atoms with van der Waals surface area (Å²) < 4.78 is 0.897. The predicted octanol–water partition coefficient (Wildman–Crippen LogP) is 3.43. The van der Waals surface area contributed by atoms with Gasteiger partial charge >= 0.3 is 0 Å². The molecular weight excluding hydrogens is 310 g/mol. The number of nitrogens with two attached hydrogens (primary N) is 1. The standard InChI is InChI=1S/C21H27N3O/c1-16(25)23-20(17-10-4-3-5-11-17)21(24(2)14-8-9-15-24)18-12-6-7-13-19(18)22/h3-7,10-13,20-21H,8-9,14-15,22H2,1-2H3/p+1/t20-,21?/m0/s1. The van der Waals surface area contributed by atoms with E-state index in [1.165, 1.54) is 12.8 Å². The van der Waals surface area contributed by atoms with Crippen LogP contribution in [0.2, 0.25) is 0 Å². The van der Waals surface area contributed by atoms with Gasteiger partial charge in [-0.25, -0.2) is 0 Å². The van der Waals surface area contributed by atoms with Gasteiger partial charge in [-0.2, -0.15) is 0 Å². The van der Waals surface area contributed by atoms with E-state index in [4.69, 9.17) is 5.73 Å². The van der Waals surface area contributed by atoms with Gasteiger partial charge in [0.1, 0.15) is 12.1 Å². The minimum Gasteiger partial charge on any atom is -0.398 e. The number of para-hydroxylation sites is 1. The number of carbonyl (C=O) groups is 1. The molecule has 2 aromatic rings. The number of nitrogen functional groups attached to an aromatic ring is 1. The van der Waals surface area contributed by atoms with Crippen LogP contribution < -0.4 is 11.1 Å². The molecular formula is C21H28N3O+. The van der Waals surface area contributed by atoms with Crippen LogP contribution in [0.25, 0.3) is 0 Å². The van der Waals surface area contributed by atoms with Gasteiger partial charge in [0.05, 0.1) is 20.1 Å². The predicted molar refractivity (Wildman–Crippen MR) is 102 cm³/mol. The quantitative estimate of drug-likeness (QED) is 0.648. The summed E-state index contributed by atoms with van der Waals surface area (Å²) >= 11 is 0. The number of quaternary nitrogens is 1. The summed E-state index contributed by atoms with van der Waals surface area (Å²) in [5.41, 5.74) is 9.41. The molecule has 3 rings (SSSR count). The van der Waals surface area contributed by atoms with E-state index in [0.29, 0.717) is 0 Å². The maximum atomic E-state index is 12.0. The maximum Gasteiger partial charge on any atom is 0.217 e. The Balaban J connectivity index is 2.13. The largest absolute Gasteiger partial charge is 0.398 e. The smallest absolute Gasteiger partial charge is 0.217 e. The van der Waals surface area contributed by atoms with Crippen molar-refractivity contribution in [3.05, 3.63) is 65.7 Å². The molecule has 1 fully saturated rings. The molecule has 1 aliphatic heterocycles. The fourth-order valence-electron chi connectivity index (χ4n) is 4.22. The number of likely N-dealkylation sites (tertiary alicyclic amines) is 1. The molecule has 1 heterocycles. The number of amides is 1. The Kier molecular flexibility index (Phi) is 5.09. The summed E-state index contributed by atoms with van der Waals surface area (Å²) in [6, 6.07) is 18.3. The number of rotatable bonds is 5. The van der Waals surface area contributed by atoms with Crippen LogP contribution in [0.1, 0.15) is 43.0 Å². The second-order valence-electron chi connectivity index (χ2n) is 7.30. The average Bonchev–Trinajstić information content (AvgIpc) is 3.04. The van der Waals surface area contributed by atoms with E-state index < -0.39 is 0 Å². The molecule has 2 aromatic carbocycles. The normalized spacial score (nSPS) is 18.5. The molecule has 0 bridgehead atoms. The van der Waals surface area contributed by atoms with Crippen molar-refractivity contribution >= 4 is 11.6 Å². The molecule has 25 heavy (non-hydrogen) atoms. The first-order chi connectivity index (χ1) is 12.0. The van der Waals surface area contributed by atoms with E-state index in [0.717, 1.165) is 34.4 Å². The molecule has 1 amide bonds. The minimum absolute atomic E-state index is 0.0147. The molecule has 0 aliphatic carbocycles. The molecule has 0 aromatic heterocycles. The van der Waals surface area contributed by atoms with Gasteiger partial charge in [-0.1, -0.05) is 48.5 Å². The Bertz CT molecular complexity index is 723. The Hall–Kier alpha value is -2.33. The van der Waals surface area contributed by atoms with Crippen LogP contribution in [-0.2, 0) is 4.79 Å². The molecule has 0 radical (unpaired) electrons. The van der Waals surface area contributed by atoms with Gasteiger partial charge in [0.2, 0.25) is 5.91 Å². The van der Waals surface area contributed by atoms with Crippen molar-refractivity contribution in [2.75, 3.05) is 25.9 Å². The maximum absolute atomic E-state index is 12.0. The Labute approximate surface area is 150 Å². The van der Waals surface area contributed by atoms with E-state index in [2.05, 4.69) is 30.6 Å². The van der Waals surface area contributed by atoms with Gasteiger partial charge in [-0.15, -0.1) is 0 Å². The lowest BCUT2D eigenvalue weighted by atomic mass is 9.89. The Morgan fingerprint density at radius 1 is 1.04 bits per heavy atom. The van der Waals surface area contributed by atoms with Crippen molar-refractivity contribution in [3.63, 3.8) is 0 Å². The minimum atomic E-state index is -0.105. The van der Waals surface area contributed by atoms with Crippen molar-refractivity contribution in [2.24, 2.45) is 0 Å². The van der Waals surface area contributed by atoms with Gasteiger partial charge in [-0.05, 0) is 11.6 Å². The molecule has 0 spiro atoms. The number of benzene rings is 2. The van der Waals surface area contributed by atoms with Gasteiger partial charge in [-0.3, -0.25) is 4.79 Å². The van der Waals surface area contributed by atoms with E-state index in [1.807, 2.05) is 36.4 Å². The van der Waals surface area contributed by atoms with Gasteiger partial charge in [0, 0.05) is 31.0 Å². The highest BCUT2D eigenvalue weighted by molar-refractivity contribution is 5.73. The summed E-state index contributed by atoms with van der Waals surface area (Å²) in [5, 5.41) is 3.21. The van der Waals surface area contributed by atoms with Crippen LogP contribution in [-0.4, -0.2) is 30.5 Å². The second kappa shape index (κ2) is 7.28. The highest BCUT2D eigenvalue weighted by Crippen LogP contribution is 2.42. The number of hydrogen-bond acceptors (Lipinski definition) is 2. The lowest BCUT2D eigenvalue weighted by molar-refractivity contribution is -0.930. The van der Waals surface area contributed by atoms with Gasteiger partial charge < -0.3 is 15.5 Å². The van der Waals surface area contributed by atoms with E-state index >= 15 is 0 Å². The van der Waals surface area contributed by atoms with Crippen molar-refractivity contribution in [3.8, 4) is 0 Å². The molecule has 0 saturated carbocycles. The van der Waals surface area contributed by atoms with Crippen LogP contribution in [0.3, 0.4) is 0 Å². The first-order valence-electron chi connectivity index (χ1n) is 9.02. The molecule has 2 atom stereocenters. The third-order valence-electron chi connectivity index (χ3n) is 5.41. The number of hydrogen-bond donors (Lipinski definition) is 2. The average molecular weight is 338 g/mol. The first kappa shape index (κ1) is 17.5. The van der Waals surface area contributed by atoms with Gasteiger partial charge in [0.15, 0.2) is 0 Å². The number of carbonyl (C=O) groups excluding carboxylic acids is 1. The summed E-state index contributed by atoms with van der Waals surface area (Å²) in [5.74, 6) is -0.0147. The van der Waals surface area contributed by atoms with Crippen molar-refractivity contribution in [2.45, 2.75) is 31.8 Å². The SMILES string of the molecule is CC(=O)N[C@@H](c1ccccc1)C(c1ccccc1N)[N+]1(C)CCCC1. The van der Waals surface area contributed by atoms with Crippen LogP contribution in [0.15, 0.2) is 54.6 Å². The zero-order valence-electron chi connectivity index (χ0n) is 15.1. The van der Waals surface area contributed by atoms with E-state index in [-0.39, 0.29) is 18.0 Å². The monoisotopic (exact) mass is 338 g/mol. The fraction of sp³-hybridized carbons (Fsp3) is 0.381. The lowest BCUT2D eigenvalue weighted by Gasteiger charge is -2.43. The number of likely N-dealkylation sites (N-methyl/N-ethyl adjacent to an activating group) is 1. The van der Waals surface area contributed by atoms with E-state index in [1.54, 1.807) is 6.92 Å². The number of nitrogens with zero attached hydrogens (tertiary/aromatic N) is 1. The van der Waals surface area contributed by atoms with Crippen LogP contribution in [0.4, 0.5) is 5.69 Å². The number of anilines is 1. The highest BCUT2D eigenvalue weighted by atomic mass is 16.1. The molecule has 4 nitrogen and oxygen atoms in total. The third kappa shape index (κ3) is 3.69. The highest BCUT2D eigenvalue weighted by Gasteiger charge is 2.43. The molecule has 4 heteroatoms. The van der Waals surface area contributed by atoms with Crippen molar-refractivity contribution in [1.82, 2.24) is 5.32 Å². The lowest BCUT2D eigenvalue weighted by Crippen LogP contribution is -2.50. The summed E-state index contributed by atoms with van der Waals surface area (Å²) in [7, 11) is 2.29. The zero-order valence-corrected chi connectivity index (χ0v) is 15.1. The Morgan fingerprint density at radius 3 is 2.24 bits per heavy atom. The third-order valence-corrected chi connectivity index (χ3v) is 5.41. The molecule has 3 N–H and O–H groups in total. The van der Waals surface area contributed by atoms with Crippen LogP contribution in [0.5, 0.6) is 0 Å². The first-order valence-corrected chi connectivity index (χ1v) is 9.02. The Morgan fingerprint density at radius 2 is 1.64 bits per heavy atom. The molecule has 1 aliphatic rings. The molecule has 132 valence electrons. The summed E-state index contributed by atoms with van der Waals surface area (Å²) in [6.07, 6.45) is 2.42. The zero-order chi connectivity index (χ0) is 17.9. The second-order valence-corrected chi connectivity index (χ2v) is 7.30. The number of nitrogens with one attached hydrogen (secondary N) is 1. The molecule has 1 saturated heterocycles. The van der Waals surface area contributed by atoms with Crippen LogP contribution >= 0.6 is 0 Å². The van der Waals surface area contributed by atoms with Crippen molar-refractivity contribution in [1.29, 1.82) is 0 Å². The fourth-order valence-corrected chi connectivity index (χ4v) is 4.22. The molecule has 1 unspecified atom stereocenters. The summed E-state index contributed by atoms with van der Waals surface area (Å²) in [4.78, 5) is 12.0. The van der Waals surface area contributed by atoms with Crippen LogP contribution in [0, 0.1) is 0 Å².